The summed E-state index contributed by atoms with van der Waals surface area (Å²) in [7, 11) is 1.28. The van der Waals surface area contributed by atoms with E-state index in [4.69, 9.17) is 21.7 Å². The highest BCUT2D eigenvalue weighted by atomic mass is 32.1. The first-order chi connectivity index (χ1) is 15.5. The molecule has 0 unspecified atom stereocenters. The predicted octanol–water partition coefficient (Wildman–Crippen LogP) is 4.06. The fraction of sp³-hybridized carbons (Fsp3) is 0.125. The Labute approximate surface area is 191 Å². The zero-order chi connectivity index (χ0) is 22.8. The van der Waals surface area contributed by atoms with E-state index in [0.717, 1.165) is 5.75 Å². The molecule has 0 saturated heterocycles. The predicted molar refractivity (Wildman–Crippen MR) is 125 cm³/mol. The van der Waals surface area contributed by atoms with Crippen LogP contribution in [-0.4, -0.2) is 37.3 Å². The molecule has 0 heterocycles. The summed E-state index contributed by atoms with van der Waals surface area (Å²) >= 11 is 5.20. The van der Waals surface area contributed by atoms with Gasteiger partial charge in [0.2, 0.25) is 0 Å². The highest BCUT2D eigenvalue weighted by Gasteiger charge is 2.12. The number of amides is 1. The number of thiocarbonyl (C=S) groups is 1. The Morgan fingerprint density at radius 3 is 2.09 bits per heavy atom. The van der Waals surface area contributed by atoms with Crippen LogP contribution in [0.2, 0.25) is 0 Å². The van der Waals surface area contributed by atoms with Crippen LogP contribution in [-0.2, 0) is 4.74 Å². The third kappa shape index (κ3) is 6.82. The van der Waals surface area contributed by atoms with Crippen molar-refractivity contribution in [2.75, 3.05) is 25.6 Å². The molecular weight excluding hydrogens is 428 g/mol. The zero-order valence-corrected chi connectivity index (χ0v) is 18.2. The fourth-order valence-electron chi connectivity index (χ4n) is 2.71. The van der Waals surface area contributed by atoms with E-state index < -0.39 is 11.9 Å². The van der Waals surface area contributed by atoms with E-state index in [0.29, 0.717) is 30.2 Å². The van der Waals surface area contributed by atoms with Crippen LogP contribution in [0.4, 0.5) is 5.69 Å². The van der Waals surface area contributed by atoms with Crippen LogP contribution in [0.15, 0.2) is 78.9 Å². The van der Waals surface area contributed by atoms with Crippen molar-refractivity contribution in [1.29, 1.82) is 0 Å². The van der Waals surface area contributed by atoms with Crippen LogP contribution in [0, 0.1) is 0 Å². The van der Waals surface area contributed by atoms with E-state index in [1.807, 2.05) is 30.3 Å². The van der Waals surface area contributed by atoms with E-state index in [-0.39, 0.29) is 10.7 Å². The van der Waals surface area contributed by atoms with E-state index in [1.54, 1.807) is 42.5 Å². The Morgan fingerprint density at radius 2 is 1.44 bits per heavy atom. The van der Waals surface area contributed by atoms with Crippen LogP contribution in [0.25, 0.3) is 0 Å². The second kappa shape index (κ2) is 11.5. The van der Waals surface area contributed by atoms with Crippen molar-refractivity contribution < 1.29 is 23.8 Å². The minimum Gasteiger partial charge on any atom is -0.490 e. The molecule has 32 heavy (non-hydrogen) atoms. The van der Waals surface area contributed by atoms with Gasteiger partial charge in [-0.15, -0.1) is 0 Å². The molecule has 8 heteroatoms. The number of hydrogen-bond acceptors (Lipinski definition) is 6. The third-order valence-corrected chi connectivity index (χ3v) is 4.45. The van der Waals surface area contributed by atoms with E-state index >= 15 is 0 Å². The average molecular weight is 451 g/mol. The Kier molecular flexibility index (Phi) is 8.16. The Balaban J connectivity index is 1.45. The topological polar surface area (TPSA) is 85.9 Å². The number of methoxy groups -OCH3 is 1. The maximum absolute atomic E-state index is 12.4. The molecular formula is C24H22N2O5S. The summed E-state index contributed by atoms with van der Waals surface area (Å²) in [6.45, 7) is 0.831. The lowest BCUT2D eigenvalue weighted by molar-refractivity contribution is 0.0600. The van der Waals surface area contributed by atoms with Crippen molar-refractivity contribution >= 4 is 34.9 Å². The number of benzene rings is 3. The van der Waals surface area contributed by atoms with Gasteiger partial charge in [0.25, 0.3) is 5.91 Å². The van der Waals surface area contributed by atoms with Crippen LogP contribution >= 0.6 is 12.2 Å². The standard InChI is InChI=1S/C24H22N2O5S/c1-29-23(28)18-7-5-6-17(16-18)22(27)26-24(32)25-19-10-12-21(13-11-19)31-15-14-30-20-8-3-2-4-9-20/h2-13,16H,14-15H2,1H3,(H2,25,26,27,32). The highest BCUT2D eigenvalue weighted by Crippen LogP contribution is 2.16. The van der Waals surface area contributed by atoms with Crippen LogP contribution in [0.1, 0.15) is 20.7 Å². The van der Waals surface area contributed by atoms with Gasteiger partial charge in [-0.05, 0) is 66.8 Å². The molecule has 0 saturated carbocycles. The molecule has 1 amide bonds. The van der Waals surface area contributed by atoms with Crippen LogP contribution in [0.5, 0.6) is 11.5 Å². The summed E-state index contributed by atoms with van der Waals surface area (Å²) in [5, 5.41) is 5.65. The minimum absolute atomic E-state index is 0.128. The molecule has 0 aromatic heterocycles. The molecule has 7 nitrogen and oxygen atoms in total. The second-order valence-corrected chi connectivity index (χ2v) is 6.92. The number of hydrogen-bond donors (Lipinski definition) is 2. The lowest BCUT2D eigenvalue weighted by atomic mass is 10.1. The highest BCUT2D eigenvalue weighted by molar-refractivity contribution is 7.80. The number of para-hydroxylation sites is 1. The van der Waals surface area contributed by atoms with Crippen LogP contribution < -0.4 is 20.1 Å². The van der Waals surface area contributed by atoms with Gasteiger partial charge >= 0.3 is 5.97 Å². The first-order valence-electron chi connectivity index (χ1n) is 9.76. The molecule has 0 radical (unpaired) electrons. The van der Waals surface area contributed by atoms with Gasteiger partial charge in [0.05, 0.1) is 12.7 Å². The number of ether oxygens (including phenoxy) is 3. The monoisotopic (exact) mass is 450 g/mol. The van der Waals surface area contributed by atoms with Crippen molar-refractivity contribution in [3.63, 3.8) is 0 Å². The summed E-state index contributed by atoms with van der Waals surface area (Å²) in [5.74, 6) is 0.519. The summed E-state index contributed by atoms with van der Waals surface area (Å²) in [5.41, 5.74) is 1.26. The van der Waals surface area contributed by atoms with Crippen molar-refractivity contribution in [1.82, 2.24) is 5.32 Å². The normalized spacial score (nSPS) is 10.0. The number of carbonyl (C=O) groups is 2. The molecule has 0 aliphatic carbocycles. The van der Waals surface area contributed by atoms with Gasteiger partial charge in [0.1, 0.15) is 24.7 Å². The molecule has 0 bridgehead atoms. The minimum atomic E-state index is -0.519. The summed E-state index contributed by atoms with van der Waals surface area (Å²) in [6.07, 6.45) is 0. The average Bonchev–Trinajstić information content (AvgIpc) is 2.83. The van der Waals surface area contributed by atoms with E-state index in [1.165, 1.54) is 13.2 Å². The van der Waals surface area contributed by atoms with Gasteiger partial charge in [0.15, 0.2) is 5.11 Å². The van der Waals surface area contributed by atoms with Gasteiger partial charge < -0.3 is 19.5 Å². The van der Waals surface area contributed by atoms with Crippen molar-refractivity contribution in [3.8, 4) is 11.5 Å². The van der Waals surface area contributed by atoms with Crippen molar-refractivity contribution in [2.24, 2.45) is 0 Å². The van der Waals surface area contributed by atoms with Gasteiger partial charge in [-0.3, -0.25) is 10.1 Å². The molecule has 0 fully saturated rings. The summed E-state index contributed by atoms with van der Waals surface area (Å²) < 4.78 is 15.9. The number of anilines is 1. The molecule has 0 aliphatic heterocycles. The number of esters is 1. The number of rotatable bonds is 8. The molecule has 2 N–H and O–H groups in total. The van der Waals surface area contributed by atoms with Gasteiger partial charge in [0, 0.05) is 11.3 Å². The van der Waals surface area contributed by atoms with Gasteiger partial charge in [-0.1, -0.05) is 24.3 Å². The van der Waals surface area contributed by atoms with Crippen molar-refractivity contribution in [2.45, 2.75) is 0 Å². The fourth-order valence-corrected chi connectivity index (χ4v) is 2.92. The summed E-state index contributed by atoms with van der Waals surface area (Å²) in [4.78, 5) is 24.0. The molecule has 0 spiro atoms. The molecule has 0 atom stereocenters. The van der Waals surface area contributed by atoms with Crippen molar-refractivity contribution in [3.05, 3.63) is 90.0 Å². The Bertz CT molecular complexity index is 1070. The number of nitrogens with one attached hydrogen (secondary N) is 2. The first kappa shape index (κ1) is 22.8. The quantitative estimate of drug-likeness (QED) is 0.304. The smallest absolute Gasteiger partial charge is 0.337 e. The zero-order valence-electron chi connectivity index (χ0n) is 17.4. The Morgan fingerprint density at radius 1 is 0.812 bits per heavy atom. The van der Waals surface area contributed by atoms with Crippen LogP contribution in [0.3, 0.4) is 0 Å². The largest absolute Gasteiger partial charge is 0.490 e. The van der Waals surface area contributed by atoms with E-state index in [2.05, 4.69) is 15.4 Å². The first-order valence-corrected chi connectivity index (χ1v) is 10.2. The molecule has 3 aromatic carbocycles. The summed E-state index contributed by atoms with van der Waals surface area (Å²) in [6, 6.07) is 22.8. The lowest BCUT2D eigenvalue weighted by Gasteiger charge is -2.11. The van der Waals surface area contributed by atoms with Gasteiger partial charge in [-0.25, -0.2) is 4.79 Å². The third-order valence-electron chi connectivity index (χ3n) is 4.25. The van der Waals surface area contributed by atoms with Gasteiger partial charge in [-0.2, -0.15) is 0 Å². The second-order valence-electron chi connectivity index (χ2n) is 6.51. The molecule has 3 aromatic rings. The molecule has 3 rings (SSSR count). The Hall–Kier alpha value is -3.91. The molecule has 164 valence electrons. The maximum Gasteiger partial charge on any atom is 0.337 e. The van der Waals surface area contributed by atoms with E-state index in [9.17, 15) is 9.59 Å². The maximum atomic E-state index is 12.4. The SMILES string of the molecule is COC(=O)c1cccc(C(=O)NC(=S)Nc2ccc(OCCOc3ccccc3)cc2)c1. The number of carbonyl (C=O) groups excluding carboxylic acids is 2. The molecule has 0 aliphatic rings. The lowest BCUT2D eigenvalue weighted by Crippen LogP contribution is -2.34.